The van der Waals surface area contributed by atoms with Crippen LogP contribution < -0.4 is 5.32 Å². The van der Waals surface area contributed by atoms with E-state index in [2.05, 4.69) is 46.1 Å². The van der Waals surface area contributed by atoms with Crippen molar-refractivity contribution in [2.24, 2.45) is 7.05 Å². The van der Waals surface area contributed by atoms with Gasteiger partial charge < -0.3 is 9.88 Å². The summed E-state index contributed by atoms with van der Waals surface area (Å²) in [5, 5.41) is 3.41. The zero-order valence-electron chi connectivity index (χ0n) is 11.4. The maximum Gasteiger partial charge on any atom is 0.110 e. The molecule has 18 heavy (non-hydrogen) atoms. The van der Waals surface area contributed by atoms with Crippen LogP contribution in [0, 0.1) is 0 Å². The lowest BCUT2D eigenvalue weighted by Gasteiger charge is -2.19. The second kappa shape index (κ2) is 5.83. The van der Waals surface area contributed by atoms with Crippen molar-refractivity contribution in [3.05, 3.63) is 53.6 Å². The molecule has 3 heteroatoms. The molecular formula is C15H21N3. The second-order valence-electron chi connectivity index (χ2n) is 4.55. The van der Waals surface area contributed by atoms with Crippen molar-refractivity contribution in [2.75, 3.05) is 7.05 Å². The number of imidazole rings is 1. The summed E-state index contributed by atoms with van der Waals surface area (Å²) in [4.78, 5) is 4.41. The smallest absolute Gasteiger partial charge is 0.110 e. The minimum atomic E-state index is 0.322. The van der Waals surface area contributed by atoms with Gasteiger partial charge in [-0.2, -0.15) is 0 Å². The molecule has 3 nitrogen and oxygen atoms in total. The quantitative estimate of drug-likeness (QED) is 0.874. The molecule has 0 saturated heterocycles. The maximum absolute atomic E-state index is 4.41. The van der Waals surface area contributed by atoms with Gasteiger partial charge in [0.1, 0.15) is 5.82 Å². The van der Waals surface area contributed by atoms with E-state index < -0.39 is 0 Å². The molecule has 0 bridgehead atoms. The Morgan fingerprint density at radius 1 is 1.33 bits per heavy atom. The van der Waals surface area contributed by atoms with Crippen LogP contribution in [0.1, 0.15) is 29.9 Å². The number of hydrogen-bond acceptors (Lipinski definition) is 2. The molecule has 0 amide bonds. The van der Waals surface area contributed by atoms with Crippen LogP contribution in [-0.2, 0) is 19.9 Å². The normalized spacial score (nSPS) is 12.6. The van der Waals surface area contributed by atoms with Gasteiger partial charge in [-0.25, -0.2) is 4.98 Å². The highest BCUT2D eigenvalue weighted by molar-refractivity contribution is 5.30. The molecule has 1 heterocycles. The predicted octanol–water partition coefficient (Wildman–Crippen LogP) is 2.49. The third-order valence-electron chi connectivity index (χ3n) is 3.47. The van der Waals surface area contributed by atoms with E-state index in [9.17, 15) is 0 Å². The van der Waals surface area contributed by atoms with Crippen LogP contribution in [0.2, 0.25) is 0 Å². The van der Waals surface area contributed by atoms with E-state index in [-0.39, 0.29) is 0 Å². The number of nitrogens with zero attached hydrogens (tertiary/aromatic N) is 2. The van der Waals surface area contributed by atoms with Gasteiger partial charge in [0.05, 0.1) is 0 Å². The molecular weight excluding hydrogens is 222 g/mol. The van der Waals surface area contributed by atoms with Gasteiger partial charge in [-0.3, -0.25) is 0 Å². The number of benzene rings is 1. The van der Waals surface area contributed by atoms with E-state index in [1.165, 1.54) is 11.1 Å². The van der Waals surface area contributed by atoms with Crippen molar-refractivity contribution < 1.29 is 0 Å². The van der Waals surface area contributed by atoms with E-state index in [1.54, 1.807) is 0 Å². The van der Waals surface area contributed by atoms with E-state index >= 15 is 0 Å². The Balaban J connectivity index is 2.25. The van der Waals surface area contributed by atoms with Gasteiger partial charge in [-0.15, -0.1) is 0 Å². The minimum absolute atomic E-state index is 0.322. The molecule has 1 N–H and O–H groups in total. The number of nitrogens with one attached hydrogen (secondary N) is 1. The van der Waals surface area contributed by atoms with Gasteiger partial charge >= 0.3 is 0 Å². The lowest BCUT2D eigenvalue weighted by molar-refractivity contribution is 0.559. The molecule has 1 aromatic carbocycles. The summed E-state index contributed by atoms with van der Waals surface area (Å²) in [7, 11) is 4.06. The SMILES string of the molecule is CCc1ccccc1C(Cc1nccn1C)NC. The minimum Gasteiger partial charge on any atom is -0.338 e. The van der Waals surface area contributed by atoms with Gasteiger partial charge in [0, 0.05) is 31.9 Å². The zero-order chi connectivity index (χ0) is 13.0. The summed E-state index contributed by atoms with van der Waals surface area (Å²) < 4.78 is 2.08. The highest BCUT2D eigenvalue weighted by atomic mass is 15.0. The maximum atomic E-state index is 4.41. The monoisotopic (exact) mass is 243 g/mol. The number of rotatable bonds is 5. The number of aryl methyl sites for hydroxylation is 2. The van der Waals surface area contributed by atoms with Crippen LogP contribution in [0.5, 0.6) is 0 Å². The van der Waals surface area contributed by atoms with Gasteiger partial charge in [-0.1, -0.05) is 31.2 Å². The Hall–Kier alpha value is -1.61. The molecule has 0 aliphatic carbocycles. The molecule has 96 valence electrons. The highest BCUT2D eigenvalue weighted by Gasteiger charge is 2.15. The van der Waals surface area contributed by atoms with Crippen LogP contribution in [0.3, 0.4) is 0 Å². The van der Waals surface area contributed by atoms with Crippen molar-refractivity contribution in [2.45, 2.75) is 25.8 Å². The summed E-state index contributed by atoms with van der Waals surface area (Å²) in [6, 6.07) is 8.95. The Morgan fingerprint density at radius 3 is 2.72 bits per heavy atom. The first-order chi connectivity index (χ1) is 8.76. The third kappa shape index (κ3) is 2.62. The fourth-order valence-electron chi connectivity index (χ4n) is 2.34. The van der Waals surface area contributed by atoms with E-state index in [0.717, 1.165) is 18.7 Å². The van der Waals surface area contributed by atoms with E-state index in [4.69, 9.17) is 0 Å². The average molecular weight is 243 g/mol. The van der Waals surface area contributed by atoms with Crippen molar-refractivity contribution in [1.29, 1.82) is 0 Å². The number of likely N-dealkylation sites (N-methyl/N-ethyl adjacent to an activating group) is 1. The summed E-state index contributed by atoms with van der Waals surface area (Å²) in [6.07, 6.45) is 5.83. The molecule has 2 rings (SSSR count). The van der Waals surface area contributed by atoms with E-state index in [0.29, 0.717) is 6.04 Å². The van der Waals surface area contributed by atoms with Crippen LogP contribution in [0.15, 0.2) is 36.7 Å². The van der Waals surface area contributed by atoms with Crippen molar-refractivity contribution >= 4 is 0 Å². The van der Waals surface area contributed by atoms with Crippen LogP contribution in [0.4, 0.5) is 0 Å². The largest absolute Gasteiger partial charge is 0.338 e. The van der Waals surface area contributed by atoms with Gasteiger partial charge in [0.2, 0.25) is 0 Å². The highest BCUT2D eigenvalue weighted by Crippen LogP contribution is 2.21. The summed E-state index contributed by atoms with van der Waals surface area (Å²) in [6.45, 7) is 2.20. The Kier molecular flexibility index (Phi) is 4.15. The molecule has 1 atom stereocenters. The fourth-order valence-corrected chi connectivity index (χ4v) is 2.34. The number of hydrogen-bond donors (Lipinski definition) is 1. The molecule has 0 spiro atoms. The van der Waals surface area contributed by atoms with E-state index in [1.807, 2.05) is 26.5 Å². The molecule has 1 unspecified atom stereocenters. The number of aromatic nitrogens is 2. The first-order valence-electron chi connectivity index (χ1n) is 6.47. The third-order valence-corrected chi connectivity index (χ3v) is 3.47. The summed E-state index contributed by atoms with van der Waals surface area (Å²) in [5.74, 6) is 1.11. The predicted molar refractivity (Wildman–Crippen MR) is 74.5 cm³/mol. The fraction of sp³-hybridized carbons (Fsp3) is 0.400. The summed E-state index contributed by atoms with van der Waals surface area (Å²) >= 11 is 0. The Labute approximate surface area is 109 Å². The lowest BCUT2D eigenvalue weighted by Crippen LogP contribution is -2.21. The molecule has 0 radical (unpaired) electrons. The molecule has 0 fully saturated rings. The average Bonchev–Trinajstić information content (AvgIpc) is 2.81. The Bertz CT molecular complexity index is 502. The van der Waals surface area contributed by atoms with Gasteiger partial charge in [0.25, 0.3) is 0 Å². The van der Waals surface area contributed by atoms with Crippen LogP contribution in [0.25, 0.3) is 0 Å². The van der Waals surface area contributed by atoms with Crippen LogP contribution >= 0.6 is 0 Å². The van der Waals surface area contributed by atoms with Crippen LogP contribution in [-0.4, -0.2) is 16.6 Å². The van der Waals surface area contributed by atoms with Gasteiger partial charge in [0.15, 0.2) is 0 Å². The second-order valence-corrected chi connectivity index (χ2v) is 4.55. The first-order valence-corrected chi connectivity index (χ1v) is 6.47. The Morgan fingerprint density at radius 2 is 2.11 bits per heavy atom. The van der Waals surface area contributed by atoms with Crippen molar-refractivity contribution in [3.63, 3.8) is 0 Å². The van der Waals surface area contributed by atoms with Crippen molar-refractivity contribution in [3.8, 4) is 0 Å². The molecule has 0 aliphatic heterocycles. The summed E-state index contributed by atoms with van der Waals surface area (Å²) in [5.41, 5.74) is 2.79. The van der Waals surface area contributed by atoms with Gasteiger partial charge in [-0.05, 0) is 24.6 Å². The zero-order valence-corrected chi connectivity index (χ0v) is 11.4. The molecule has 0 saturated carbocycles. The van der Waals surface area contributed by atoms with Crippen molar-refractivity contribution in [1.82, 2.24) is 14.9 Å². The lowest BCUT2D eigenvalue weighted by atomic mass is 9.96. The molecule has 1 aromatic heterocycles. The standard InChI is InChI=1S/C15H21N3/c1-4-12-7-5-6-8-13(12)14(16-2)11-15-17-9-10-18(15)3/h5-10,14,16H,4,11H2,1-3H3. The molecule has 2 aromatic rings. The first kappa shape index (κ1) is 12.8. The topological polar surface area (TPSA) is 29.9 Å². The molecule has 0 aliphatic rings.